The number of aromatic amines is 2. The number of aliphatic hydroxyl groups is 1. The number of aromatic nitrogens is 2. The summed E-state index contributed by atoms with van der Waals surface area (Å²) in [6.07, 6.45) is 0. The summed E-state index contributed by atoms with van der Waals surface area (Å²) in [6, 6.07) is 0. The highest BCUT2D eigenvalue weighted by atomic mass is 16.3. The Morgan fingerprint density at radius 3 is 2.27 bits per heavy atom. The highest BCUT2D eigenvalue weighted by Gasteiger charge is 2.02. The largest absolute Gasteiger partial charge is 0.493 e. The van der Waals surface area contributed by atoms with Gasteiger partial charge in [-0.2, -0.15) is 0 Å². The lowest BCUT2D eigenvalue weighted by Gasteiger charge is -1.96. The van der Waals surface area contributed by atoms with Crippen LogP contribution >= 0.6 is 0 Å². The molecule has 0 aromatic carbocycles. The number of H-pyrrole nitrogens is 2. The Bertz CT molecular complexity index is 363. The van der Waals surface area contributed by atoms with Crippen LogP contribution in [-0.2, 0) is 6.61 Å². The molecule has 60 valence electrons. The topological polar surface area (TPSA) is 106 Å². The minimum absolute atomic E-state index is 0.102. The summed E-state index contributed by atoms with van der Waals surface area (Å²) in [6.45, 7) is -0.530. The summed E-state index contributed by atoms with van der Waals surface area (Å²) < 4.78 is 0. The van der Waals surface area contributed by atoms with Gasteiger partial charge < -0.3 is 15.2 Å². The predicted molar refractivity (Wildman–Crippen MR) is 35.3 cm³/mol. The highest BCUT2D eigenvalue weighted by Crippen LogP contribution is 2.03. The highest BCUT2D eigenvalue weighted by molar-refractivity contribution is 5.13. The van der Waals surface area contributed by atoms with Crippen LogP contribution in [0.1, 0.15) is 5.69 Å². The smallest absolute Gasteiger partial charge is 0.316 e. The predicted octanol–water partition coefficient (Wildman–Crippen LogP) is -1.74. The minimum Gasteiger partial charge on any atom is -0.493 e. The number of rotatable bonds is 1. The molecule has 4 N–H and O–H groups in total. The average molecular weight is 158 g/mol. The molecule has 0 saturated carbocycles. The van der Waals surface area contributed by atoms with Gasteiger partial charge in [0.05, 0.1) is 6.61 Å². The van der Waals surface area contributed by atoms with Gasteiger partial charge >= 0.3 is 11.1 Å². The molecule has 6 heteroatoms. The fourth-order valence-corrected chi connectivity index (χ4v) is 0.607. The monoisotopic (exact) mass is 158 g/mol. The molecule has 0 saturated heterocycles. The van der Waals surface area contributed by atoms with Gasteiger partial charge in [-0.15, -0.1) is 0 Å². The molecule has 0 unspecified atom stereocenters. The molecule has 6 nitrogen and oxygen atoms in total. The zero-order valence-corrected chi connectivity index (χ0v) is 5.42. The Morgan fingerprint density at radius 1 is 1.18 bits per heavy atom. The fourth-order valence-electron chi connectivity index (χ4n) is 0.607. The Balaban J connectivity index is 3.44. The van der Waals surface area contributed by atoms with Crippen molar-refractivity contribution in [2.45, 2.75) is 6.61 Å². The lowest BCUT2D eigenvalue weighted by molar-refractivity contribution is 0.267. The second kappa shape index (κ2) is 2.59. The van der Waals surface area contributed by atoms with Gasteiger partial charge in [-0.05, 0) is 0 Å². The van der Waals surface area contributed by atoms with Gasteiger partial charge in [0.15, 0.2) is 0 Å². The third-order valence-electron chi connectivity index (χ3n) is 1.15. The van der Waals surface area contributed by atoms with Gasteiger partial charge in [0.1, 0.15) is 5.69 Å². The summed E-state index contributed by atoms with van der Waals surface area (Å²) in [5.74, 6) is -0.517. The first-order chi connectivity index (χ1) is 5.15. The minimum atomic E-state index is -0.945. The third kappa shape index (κ3) is 1.30. The van der Waals surface area contributed by atoms with Crippen LogP contribution < -0.4 is 11.1 Å². The lowest BCUT2D eigenvalue weighted by Crippen LogP contribution is -2.30. The van der Waals surface area contributed by atoms with Crippen LogP contribution in [0.3, 0.4) is 0 Å². The fraction of sp³-hybridized carbons (Fsp3) is 0.200. The van der Waals surface area contributed by atoms with Gasteiger partial charge in [0.25, 0.3) is 0 Å². The second-order valence-electron chi connectivity index (χ2n) is 1.89. The van der Waals surface area contributed by atoms with Crippen molar-refractivity contribution in [3.63, 3.8) is 0 Å². The molecule has 0 bridgehead atoms. The molecule has 1 rings (SSSR count). The van der Waals surface area contributed by atoms with E-state index in [0.717, 1.165) is 0 Å². The Kier molecular flexibility index (Phi) is 1.77. The standard InChI is InChI=1S/C5H6N2O4/c8-1-2-3(9)7-5(11)4(10)6-2/h8H,1H2,(H,6,10)(H2,7,9,11). The molecular weight excluding hydrogens is 152 g/mol. The van der Waals surface area contributed by atoms with Crippen LogP contribution in [0.5, 0.6) is 5.88 Å². The van der Waals surface area contributed by atoms with Crippen LogP contribution in [-0.4, -0.2) is 20.2 Å². The van der Waals surface area contributed by atoms with Crippen LogP contribution in [0.4, 0.5) is 0 Å². The van der Waals surface area contributed by atoms with E-state index in [1.54, 1.807) is 0 Å². The normalized spacial score (nSPS) is 9.91. The van der Waals surface area contributed by atoms with Crippen molar-refractivity contribution in [2.75, 3.05) is 0 Å². The second-order valence-corrected chi connectivity index (χ2v) is 1.89. The quantitative estimate of drug-likeness (QED) is 0.364. The maximum Gasteiger partial charge on any atom is 0.316 e. The molecule has 0 amide bonds. The van der Waals surface area contributed by atoms with Crippen LogP contribution in [0, 0.1) is 0 Å². The van der Waals surface area contributed by atoms with Crippen LogP contribution in [0.25, 0.3) is 0 Å². The summed E-state index contributed by atoms with van der Waals surface area (Å²) in [7, 11) is 0. The first kappa shape index (κ1) is 7.55. The van der Waals surface area contributed by atoms with Gasteiger partial charge in [-0.25, -0.2) is 0 Å². The molecule has 0 atom stereocenters. The zero-order valence-electron chi connectivity index (χ0n) is 5.42. The first-order valence-corrected chi connectivity index (χ1v) is 2.80. The maximum atomic E-state index is 10.5. The molecule has 11 heavy (non-hydrogen) atoms. The van der Waals surface area contributed by atoms with Crippen molar-refractivity contribution >= 4 is 0 Å². The Morgan fingerprint density at radius 2 is 1.73 bits per heavy atom. The molecular formula is C5H6N2O4. The number of hydrogen-bond acceptors (Lipinski definition) is 4. The molecule has 1 aromatic heterocycles. The molecule has 0 aliphatic rings. The summed E-state index contributed by atoms with van der Waals surface area (Å²) in [5.41, 5.74) is -1.94. The zero-order chi connectivity index (χ0) is 8.43. The van der Waals surface area contributed by atoms with E-state index in [1.165, 1.54) is 0 Å². The number of nitrogens with one attached hydrogen (secondary N) is 2. The Hall–Kier alpha value is -1.56. The molecule has 0 aliphatic carbocycles. The number of hydrogen-bond donors (Lipinski definition) is 4. The van der Waals surface area contributed by atoms with E-state index in [9.17, 15) is 9.59 Å². The van der Waals surface area contributed by atoms with Crippen molar-refractivity contribution in [3.05, 3.63) is 26.4 Å². The van der Waals surface area contributed by atoms with Crippen LogP contribution in [0.15, 0.2) is 9.59 Å². The van der Waals surface area contributed by atoms with E-state index >= 15 is 0 Å². The van der Waals surface area contributed by atoms with Crippen molar-refractivity contribution in [2.24, 2.45) is 0 Å². The average Bonchev–Trinajstić information content (AvgIpc) is 1.97. The Labute approximate surface area is 60.1 Å². The van der Waals surface area contributed by atoms with E-state index in [2.05, 4.69) is 0 Å². The van der Waals surface area contributed by atoms with E-state index in [-0.39, 0.29) is 5.69 Å². The lowest BCUT2D eigenvalue weighted by atomic mass is 10.4. The van der Waals surface area contributed by atoms with Gasteiger partial charge in [-0.1, -0.05) is 0 Å². The van der Waals surface area contributed by atoms with Gasteiger partial charge in [-0.3, -0.25) is 14.6 Å². The van der Waals surface area contributed by atoms with E-state index in [1.807, 2.05) is 9.97 Å². The first-order valence-electron chi connectivity index (χ1n) is 2.80. The van der Waals surface area contributed by atoms with Crippen molar-refractivity contribution in [1.82, 2.24) is 9.97 Å². The van der Waals surface area contributed by atoms with E-state index < -0.39 is 23.6 Å². The molecule has 1 heterocycles. The van der Waals surface area contributed by atoms with E-state index in [0.29, 0.717) is 0 Å². The van der Waals surface area contributed by atoms with Crippen molar-refractivity contribution in [3.8, 4) is 5.88 Å². The third-order valence-corrected chi connectivity index (χ3v) is 1.15. The summed E-state index contributed by atoms with van der Waals surface area (Å²) in [5, 5.41) is 17.3. The van der Waals surface area contributed by atoms with E-state index in [4.69, 9.17) is 10.2 Å². The molecule has 0 fully saturated rings. The van der Waals surface area contributed by atoms with Gasteiger partial charge in [0, 0.05) is 0 Å². The van der Waals surface area contributed by atoms with Gasteiger partial charge in [0.2, 0.25) is 5.88 Å². The molecule has 0 radical (unpaired) electrons. The maximum absolute atomic E-state index is 10.5. The molecule has 0 spiro atoms. The SMILES string of the molecule is O=c1[nH]c(O)c(CO)[nH]c1=O. The molecule has 1 aromatic rings. The van der Waals surface area contributed by atoms with Crippen molar-refractivity contribution < 1.29 is 10.2 Å². The van der Waals surface area contributed by atoms with Crippen LogP contribution in [0.2, 0.25) is 0 Å². The van der Waals surface area contributed by atoms with Crippen molar-refractivity contribution in [1.29, 1.82) is 0 Å². The molecule has 0 aliphatic heterocycles. The number of aromatic hydroxyl groups is 1. The summed E-state index contributed by atoms with van der Waals surface area (Å²) in [4.78, 5) is 24.8. The number of aliphatic hydroxyl groups excluding tert-OH is 1. The summed E-state index contributed by atoms with van der Waals surface area (Å²) >= 11 is 0.